The molecule has 1 heterocycles. The van der Waals surface area contributed by atoms with Gasteiger partial charge in [-0.1, -0.05) is 36.1 Å². The highest BCUT2D eigenvalue weighted by atomic mass is 32.2. The third kappa shape index (κ3) is 4.62. The minimum Gasteiger partial charge on any atom is -0.326 e. The summed E-state index contributed by atoms with van der Waals surface area (Å²) < 4.78 is 0.581. The van der Waals surface area contributed by atoms with Crippen molar-refractivity contribution in [2.75, 3.05) is 11.9 Å². The number of ketones is 1. The van der Waals surface area contributed by atoms with Crippen LogP contribution < -0.4 is 5.32 Å². The van der Waals surface area contributed by atoms with Gasteiger partial charge in [0.15, 0.2) is 5.78 Å². The maximum atomic E-state index is 12.0. The van der Waals surface area contributed by atoms with E-state index in [1.165, 1.54) is 18.7 Å². The number of hydrogen-bond donors (Lipinski definition) is 1. The summed E-state index contributed by atoms with van der Waals surface area (Å²) >= 11 is 6.53. The maximum Gasteiger partial charge on any atom is 0.241 e. The van der Waals surface area contributed by atoms with Crippen molar-refractivity contribution in [3.05, 3.63) is 29.8 Å². The fourth-order valence-electron chi connectivity index (χ4n) is 2.21. The Bertz CT molecular complexity index is 660. The third-order valence-electron chi connectivity index (χ3n) is 3.45. The topological polar surface area (TPSA) is 66.5 Å². The SMILES string of the molecule is CC(=O)c1cccc(NC(=O)CCCN2C(=O)C(C)SC2=S)c1. The van der Waals surface area contributed by atoms with Crippen LogP contribution in [-0.4, -0.2) is 38.6 Å². The molecule has 1 aromatic carbocycles. The van der Waals surface area contributed by atoms with Crippen LogP contribution in [0.3, 0.4) is 0 Å². The van der Waals surface area contributed by atoms with Crippen molar-refractivity contribution >= 4 is 51.6 Å². The Balaban J connectivity index is 1.82. The van der Waals surface area contributed by atoms with Crippen molar-refractivity contribution in [2.24, 2.45) is 0 Å². The number of nitrogens with zero attached hydrogens (tertiary/aromatic N) is 1. The number of thiocarbonyl (C=S) groups is 1. The number of carbonyl (C=O) groups is 3. The number of Topliss-reactive ketones (excluding diaryl/α,β-unsaturated/α-hetero) is 1. The van der Waals surface area contributed by atoms with Gasteiger partial charge in [-0.2, -0.15) is 0 Å². The Kier molecular flexibility index (Phi) is 5.90. The number of nitrogens with one attached hydrogen (secondary N) is 1. The van der Waals surface area contributed by atoms with Crippen LogP contribution in [0.15, 0.2) is 24.3 Å². The predicted molar refractivity (Wildman–Crippen MR) is 95.7 cm³/mol. The zero-order valence-electron chi connectivity index (χ0n) is 13.0. The van der Waals surface area contributed by atoms with E-state index in [-0.39, 0.29) is 29.3 Å². The molecule has 122 valence electrons. The molecule has 1 atom stereocenters. The lowest BCUT2D eigenvalue weighted by Gasteiger charge is -2.14. The molecule has 2 amide bonds. The number of thioether (sulfide) groups is 1. The summed E-state index contributed by atoms with van der Waals surface area (Å²) in [7, 11) is 0. The van der Waals surface area contributed by atoms with Crippen LogP contribution in [-0.2, 0) is 9.59 Å². The summed E-state index contributed by atoms with van der Waals surface area (Å²) in [6.45, 7) is 3.76. The van der Waals surface area contributed by atoms with Crippen LogP contribution >= 0.6 is 24.0 Å². The van der Waals surface area contributed by atoms with Crippen molar-refractivity contribution in [2.45, 2.75) is 31.9 Å². The van der Waals surface area contributed by atoms with Crippen molar-refractivity contribution in [1.82, 2.24) is 4.90 Å². The van der Waals surface area contributed by atoms with Crippen LogP contribution in [0.4, 0.5) is 5.69 Å². The van der Waals surface area contributed by atoms with Gasteiger partial charge in [-0.05, 0) is 32.4 Å². The van der Waals surface area contributed by atoms with E-state index in [9.17, 15) is 14.4 Å². The van der Waals surface area contributed by atoms with Crippen LogP contribution in [0, 0.1) is 0 Å². The van der Waals surface area contributed by atoms with Crippen LogP contribution in [0.25, 0.3) is 0 Å². The first-order valence-electron chi connectivity index (χ1n) is 7.31. The molecule has 1 aromatic rings. The van der Waals surface area contributed by atoms with Gasteiger partial charge in [0.2, 0.25) is 11.8 Å². The second kappa shape index (κ2) is 7.70. The average Bonchev–Trinajstić information content (AvgIpc) is 2.73. The zero-order chi connectivity index (χ0) is 17.0. The van der Waals surface area contributed by atoms with Crippen molar-refractivity contribution in [1.29, 1.82) is 0 Å². The largest absolute Gasteiger partial charge is 0.326 e. The zero-order valence-corrected chi connectivity index (χ0v) is 14.6. The molecular formula is C16H18N2O3S2. The highest BCUT2D eigenvalue weighted by Gasteiger charge is 2.33. The van der Waals surface area contributed by atoms with Gasteiger partial charge in [0.25, 0.3) is 0 Å². The number of carbonyl (C=O) groups excluding carboxylic acids is 3. The molecule has 1 saturated heterocycles. The van der Waals surface area contributed by atoms with E-state index in [2.05, 4.69) is 5.32 Å². The molecule has 1 aliphatic heterocycles. The number of anilines is 1. The summed E-state index contributed by atoms with van der Waals surface area (Å²) in [6.07, 6.45) is 0.827. The summed E-state index contributed by atoms with van der Waals surface area (Å²) in [6, 6.07) is 6.82. The standard InChI is InChI=1S/C16H18N2O3S2/c1-10(19)12-5-3-6-13(9-12)17-14(20)7-4-8-18-15(21)11(2)23-16(18)22/h3,5-6,9,11H,4,7-8H2,1-2H3,(H,17,20). The Morgan fingerprint density at radius 3 is 2.74 bits per heavy atom. The molecule has 0 aliphatic carbocycles. The van der Waals surface area contributed by atoms with Crippen molar-refractivity contribution in [3.63, 3.8) is 0 Å². The van der Waals surface area contributed by atoms with Gasteiger partial charge >= 0.3 is 0 Å². The molecule has 7 heteroatoms. The first-order chi connectivity index (χ1) is 10.9. The van der Waals surface area contributed by atoms with Gasteiger partial charge in [0, 0.05) is 24.2 Å². The summed E-state index contributed by atoms with van der Waals surface area (Å²) in [5.41, 5.74) is 1.15. The van der Waals surface area contributed by atoms with Crippen molar-refractivity contribution < 1.29 is 14.4 Å². The second-order valence-electron chi connectivity index (χ2n) is 5.30. The molecule has 23 heavy (non-hydrogen) atoms. The van der Waals surface area contributed by atoms with Crippen LogP contribution in [0.5, 0.6) is 0 Å². The van der Waals surface area contributed by atoms with Gasteiger partial charge in [-0.15, -0.1) is 0 Å². The van der Waals surface area contributed by atoms with E-state index in [1.807, 2.05) is 6.92 Å². The number of hydrogen-bond acceptors (Lipinski definition) is 5. The first-order valence-corrected chi connectivity index (χ1v) is 8.60. The Morgan fingerprint density at radius 2 is 2.13 bits per heavy atom. The van der Waals surface area contributed by atoms with Gasteiger partial charge in [0.1, 0.15) is 4.32 Å². The second-order valence-corrected chi connectivity index (χ2v) is 7.28. The number of benzene rings is 1. The maximum absolute atomic E-state index is 12.0. The molecule has 0 radical (unpaired) electrons. The summed E-state index contributed by atoms with van der Waals surface area (Å²) in [5.74, 6) is -0.188. The Hall–Kier alpha value is -1.73. The van der Waals surface area contributed by atoms with Crippen LogP contribution in [0.2, 0.25) is 0 Å². The van der Waals surface area contributed by atoms with E-state index in [0.29, 0.717) is 28.5 Å². The fourth-order valence-corrected chi connectivity index (χ4v) is 3.67. The lowest BCUT2D eigenvalue weighted by atomic mass is 10.1. The monoisotopic (exact) mass is 350 g/mol. The van der Waals surface area contributed by atoms with E-state index >= 15 is 0 Å². The van der Waals surface area contributed by atoms with Gasteiger partial charge in [0.05, 0.1) is 5.25 Å². The van der Waals surface area contributed by atoms with E-state index in [1.54, 1.807) is 29.2 Å². The van der Waals surface area contributed by atoms with E-state index < -0.39 is 0 Å². The lowest BCUT2D eigenvalue weighted by Crippen LogP contribution is -2.32. The van der Waals surface area contributed by atoms with Crippen LogP contribution in [0.1, 0.15) is 37.0 Å². The van der Waals surface area contributed by atoms with Gasteiger partial charge < -0.3 is 5.32 Å². The Morgan fingerprint density at radius 1 is 1.39 bits per heavy atom. The summed E-state index contributed by atoms with van der Waals surface area (Å²) in [4.78, 5) is 36.7. The smallest absolute Gasteiger partial charge is 0.241 e. The molecule has 0 bridgehead atoms. The molecular weight excluding hydrogens is 332 g/mol. The molecule has 0 spiro atoms. The lowest BCUT2D eigenvalue weighted by molar-refractivity contribution is -0.126. The molecule has 1 unspecified atom stereocenters. The minimum absolute atomic E-state index is 0.00886. The summed E-state index contributed by atoms with van der Waals surface area (Å²) in [5, 5.41) is 2.63. The third-order valence-corrected chi connectivity index (χ3v) is 4.94. The molecule has 5 nitrogen and oxygen atoms in total. The molecule has 0 aromatic heterocycles. The fraction of sp³-hybridized carbons (Fsp3) is 0.375. The highest BCUT2D eigenvalue weighted by molar-refractivity contribution is 8.24. The number of amides is 2. The number of rotatable bonds is 6. The molecule has 1 aliphatic rings. The van der Waals surface area contributed by atoms with E-state index in [4.69, 9.17) is 12.2 Å². The highest BCUT2D eigenvalue weighted by Crippen LogP contribution is 2.26. The average molecular weight is 350 g/mol. The minimum atomic E-state index is -0.149. The van der Waals surface area contributed by atoms with Gasteiger partial charge in [-0.25, -0.2) is 0 Å². The normalized spacial score (nSPS) is 17.5. The van der Waals surface area contributed by atoms with Gasteiger partial charge in [-0.3, -0.25) is 19.3 Å². The van der Waals surface area contributed by atoms with Crippen molar-refractivity contribution in [3.8, 4) is 0 Å². The molecule has 1 fully saturated rings. The molecule has 2 rings (SSSR count). The van der Waals surface area contributed by atoms with E-state index in [0.717, 1.165) is 0 Å². The first kappa shape index (κ1) is 17.6. The molecule has 0 saturated carbocycles. The Labute approximate surface area is 144 Å². The predicted octanol–water partition coefficient (Wildman–Crippen LogP) is 2.86. The molecule has 1 N–H and O–H groups in total. The quantitative estimate of drug-likeness (QED) is 0.631.